The van der Waals surface area contributed by atoms with Crippen LogP contribution in [0.4, 0.5) is 11.4 Å². The van der Waals surface area contributed by atoms with Crippen LogP contribution in [0.15, 0.2) is 34.1 Å². The molecular formula is C17H17ClN4O3S. The van der Waals surface area contributed by atoms with Gasteiger partial charge in [0.15, 0.2) is 0 Å². The normalized spacial score (nSPS) is 13.5. The largest absolute Gasteiger partial charge is 0.324 e. The summed E-state index contributed by atoms with van der Waals surface area (Å²) in [5.74, 6) is -0.253. The van der Waals surface area contributed by atoms with Crippen LogP contribution in [0.3, 0.4) is 0 Å². The molecule has 1 aliphatic rings. The Kier molecular flexibility index (Phi) is 5.33. The molecule has 0 unspecified atom stereocenters. The smallest absolute Gasteiger partial charge is 0.292 e. The molecule has 0 saturated carbocycles. The zero-order valence-corrected chi connectivity index (χ0v) is 15.9. The fourth-order valence-electron chi connectivity index (χ4n) is 2.61. The molecule has 9 heteroatoms. The standard InChI is InChI=1S/C17H17ClN4O3S/c1-3-21-15(24)9-26-13-7-19-22(17(25)16(13)21)8-14(23)20-11-5-4-10(2)12(18)6-11/h4-7H,3,8-9H2,1-2H3,(H,20,23). The molecule has 136 valence electrons. The van der Waals surface area contributed by atoms with E-state index in [1.54, 1.807) is 25.1 Å². The summed E-state index contributed by atoms with van der Waals surface area (Å²) < 4.78 is 1.06. The van der Waals surface area contributed by atoms with Gasteiger partial charge < -0.3 is 10.2 Å². The number of hydrogen-bond donors (Lipinski definition) is 1. The third-order valence-corrected chi connectivity index (χ3v) is 5.38. The summed E-state index contributed by atoms with van der Waals surface area (Å²) in [6, 6.07) is 5.17. The average molecular weight is 393 g/mol. The van der Waals surface area contributed by atoms with Crippen molar-refractivity contribution in [1.82, 2.24) is 9.78 Å². The van der Waals surface area contributed by atoms with Crippen LogP contribution in [0, 0.1) is 6.92 Å². The van der Waals surface area contributed by atoms with Crippen LogP contribution in [-0.4, -0.2) is 33.9 Å². The summed E-state index contributed by atoms with van der Waals surface area (Å²) in [6.07, 6.45) is 1.52. The van der Waals surface area contributed by atoms with E-state index in [-0.39, 0.29) is 23.9 Å². The van der Waals surface area contributed by atoms with E-state index >= 15 is 0 Å². The number of carbonyl (C=O) groups excluding carboxylic acids is 2. The van der Waals surface area contributed by atoms with Gasteiger partial charge in [0.2, 0.25) is 11.8 Å². The number of thioether (sulfide) groups is 1. The van der Waals surface area contributed by atoms with E-state index in [0.717, 1.165) is 10.2 Å². The van der Waals surface area contributed by atoms with Crippen LogP contribution in [-0.2, 0) is 16.1 Å². The number of rotatable bonds is 4. The minimum Gasteiger partial charge on any atom is -0.324 e. The van der Waals surface area contributed by atoms with E-state index in [1.165, 1.54) is 22.9 Å². The third-order valence-electron chi connectivity index (χ3n) is 3.97. The summed E-state index contributed by atoms with van der Waals surface area (Å²) >= 11 is 7.33. The molecule has 2 heterocycles. The molecule has 1 aromatic heterocycles. The second-order valence-electron chi connectivity index (χ2n) is 5.76. The summed E-state index contributed by atoms with van der Waals surface area (Å²) in [5, 5.41) is 7.29. The highest BCUT2D eigenvalue weighted by molar-refractivity contribution is 8.00. The van der Waals surface area contributed by atoms with Gasteiger partial charge in [-0.1, -0.05) is 17.7 Å². The molecule has 0 spiro atoms. The SMILES string of the molecule is CCN1C(=O)CSc2cnn(CC(=O)Nc3ccc(C)c(Cl)c3)c(=O)c21. The second-order valence-corrected chi connectivity index (χ2v) is 7.18. The summed E-state index contributed by atoms with van der Waals surface area (Å²) in [4.78, 5) is 39.1. The highest BCUT2D eigenvalue weighted by Crippen LogP contribution is 2.31. The number of aryl methyl sites for hydroxylation is 1. The van der Waals surface area contributed by atoms with E-state index in [4.69, 9.17) is 11.6 Å². The van der Waals surface area contributed by atoms with E-state index < -0.39 is 11.5 Å². The Morgan fingerprint density at radius 3 is 2.85 bits per heavy atom. The summed E-state index contributed by atoms with van der Waals surface area (Å²) in [5.41, 5.74) is 1.27. The highest BCUT2D eigenvalue weighted by atomic mass is 35.5. The number of nitrogens with one attached hydrogen (secondary N) is 1. The van der Waals surface area contributed by atoms with Crippen molar-refractivity contribution in [3.8, 4) is 0 Å². The maximum Gasteiger partial charge on any atom is 0.292 e. The molecule has 0 bridgehead atoms. The summed E-state index contributed by atoms with van der Waals surface area (Å²) in [6.45, 7) is 3.80. The average Bonchev–Trinajstić information content (AvgIpc) is 2.61. The van der Waals surface area contributed by atoms with Crippen LogP contribution in [0.2, 0.25) is 5.02 Å². The first kappa shape index (κ1) is 18.5. The third kappa shape index (κ3) is 3.61. The molecule has 3 rings (SSSR count). The van der Waals surface area contributed by atoms with E-state index in [1.807, 2.05) is 6.92 Å². The lowest BCUT2D eigenvalue weighted by molar-refractivity contribution is -0.117. The molecule has 0 radical (unpaired) electrons. The first-order valence-electron chi connectivity index (χ1n) is 8.00. The molecular weight excluding hydrogens is 376 g/mol. The first-order chi connectivity index (χ1) is 12.4. The molecule has 1 N–H and O–H groups in total. The Hall–Kier alpha value is -2.32. The number of carbonyl (C=O) groups is 2. The second kappa shape index (κ2) is 7.51. The van der Waals surface area contributed by atoms with Gasteiger partial charge in [0.1, 0.15) is 12.2 Å². The molecule has 0 saturated heterocycles. The van der Waals surface area contributed by atoms with Crippen molar-refractivity contribution >= 4 is 46.6 Å². The van der Waals surface area contributed by atoms with Gasteiger partial charge in [0, 0.05) is 17.3 Å². The Bertz CT molecular complexity index is 944. The van der Waals surface area contributed by atoms with Crippen LogP contribution < -0.4 is 15.8 Å². The number of hydrogen-bond acceptors (Lipinski definition) is 5. The number of anilines is 2. The number of aromatic nitrogens is 2. The maximum atomic E-state index is 12.7. The lowest BCUT2D eigenvalue weighted by atomic mass is 10.2. The molecule has 0 aliphatic carbocycles. The molecule has 1 aromatic carbocycles. The molecule has 0 atom stereocenters. The zero-order valence-electron chi connectivity index (χ0n) is 14.3. The van der Waals surface area contributed by atoms with Crippen molar-refractivity contribution in [3.05, 3.63) is 45.3 Å². The van der Waals surface area contributed by atoms with Gasteiger partial charge in [-0.05, 0) is 31.5 Å². The maximum absolute atomic E-state index is 12.7. The topological polar surface area (TPSA) is 84.3 Å². The molecule has 2 amide bonds. The number of amides is 2. The van der Waals surface area contributed by atoms with E-state index in [2.05, 4.69) is 10.4 Å². The predicted octanol–water partition coefficient (Wildman–Crippen LogP) is 2.30. The molecule has 2 aromatic rings. The number of benzene rings is 1. The Labute approximate surface area is 159 Å². The monoisotopic (exact) mass is 392 g/mol. The number of nitrogens with zero attached hydrogens (tertiary/aromatic N) is 3. The molecule has 7 nitrogen and oxygen atoms in total. The van der Waals surface area contributed by atoms with Crippen molar-refractivity contribution in [2.45, 2.75) is 25.3 Å². The van der Waals surface area contributed by atoms with Gasteiger partial charge in [-0.15, -0.1) is 11.8 Å². The van der Waals surface area contributed by atoms with Gasteiger partial charge in [0.25, 0.3) is 5.56 Å². The Balaban J connectivity index is 1.83. The lowest BCUT2D eigenvalue weighted by Gasteiger charge is -2.26. The molecule has 1 aliphatic heterocycles. The van der Waals surface area contributed by atoms with Crippen molar-refractivity contribution in [1.29, 1.82) is 0 Å². The zero-order chi connectivity index (χ0) is 18.8. The van der Waals surface area contributed by atoms with Crippen molar-refractivity contribution in [3.63, 3.8) is 0 Å². The van der Waals surface area contributed by atoms with Gasteiger partial charge in [-0.3, -0.25) is 14.4 Å². The van der Waals surface area contributed by atoms with Gasteiger partial charge in [-0.25, -0.2) is 4.68 Å². The number of fused-ring (bicyclic) bond motifs is 1. The first-order valence-corrected chi connectivity index (χ1v) is 9.36. The van der Waals surface area contributed by atoms with E-state index in [9.17, 15) is 14.4 Å². The molecule has 26 heavy (non-hydrogen) atoms. The lowest BCUT2D eigenvalue weighted by Crippen LogP contribution is -2.42. The Morgan fingerprint density at radius 2 is 2.15 bits per heavy atom. The van der Waals surface area contributed by atoms with Crippen molar-refractivity contribution in [2.75, 3.05) is 22.5 Å². The van der Waals surface area contributed by atoms with Gasteiger partial charge >= 0.3 is 0 Å². The van der Waals surface area contributed by atoms with Crippen LogP contribution >= 0.6 is 23.4 Å². The van der Waals surface area contributed by atoms with Crippen molar-refractivity contribution in [2.24, 2.45) is 0 Å². The van der Waals surface area contributed by atoms with Crippen LogP contribution in [0.5, 0.6) is 0 Å². The molecule has 0 fully saturated rings. The number of halogens is 1. The quantitative estimate of drug-likeness (QED) is 0.863. The van der Waals surface area contributed by atoms with Crippen molar-refractivity contribution < 1.29 is 9.59 Å². The minimum atomic E-state index is -0.456. The fourth-order valence-corrected chi connectivity index (χ4v) is 3.69. The minimum absolute atomic E-state index is 0.126. The predicted molar refractivity (Wildman–Crippen MR) is 102 cm³/mol. The van der Waals surface area contributed by atoms with Gasteiger partial charge in [-0.2, -0.15) is 5.10 Å². The Morgan fingerprint density at radius 1 is 1.38 bits per heavy atom. The van der Waals surface area contributed by atoms with Gasteiger partial charge in [0.05, 0.1) is 16.8 Å². The van der Waals surface area contributed by atoms with Crippen LogP contribution in [0.25, 0.3) is 0 Å². The summed E-state index contributed by atoms with van der Waals surface area (Å²) in [7, 11) is 0. The highest BCUT2D eigenvalue weighted by Gasteiger charge is 2.28. The van der Waals surface area contributed by atoms with E-state index in [0.29, 0.717) is 22.2 Å². The van der Waals surface area contributed by atoms with Crippen LogP contribution in [0.1, 0.15) is 12.5 Å². The fraction of sp³-hybridized carbons (Fsp3) is 0.294.